The molecule has 1 aromatic carbocycles. The molecule has 0 atom stereocenters. The summed E-state index contributed by atoms with van der Waals surface area (Å²) >= 11 is 0. The first kappa shape index (κ1) is 17.2. The van der Waals surface area contributed by atoms with Crippen molar-refractivity contribution in [3.8, 4) is 5.69 Å². The number of hydrogen-bond acceptors (Lipinski definition) is 1. The van der Waals surface area contributed by atoms with Crippen LogP contribution in [-0.4, -0.2) is 16.0 Å². The fourth-order valence-corrected chi connectivity index (χ4v) is 1.82. The van der Waals surface area contributed by atoms with E-state index in [4.69, 9.17) is 0 Å². The molecule has 2 nitrogen and oxygen atoms in total. The van der Waals surface area contributed by atoms with Crippen molar-refractivity contribution in [2.24, 2.45) is 0 Å². The highest BCUT2D eigenvalue weighted by molar-refractivity contribution is 5.39. The minimum atomic E-state index is -6.37. The molecular weight excluding hydrogens is 343 g/mol. The number of alkyl halides is 8. The Morgan fingerprint density at radius 3 is 1.78 bits per heavy atom. The largest absolute Gasteiger partial charge is 0.459 e. The molecular formula is C12H5F9N2. The van der Waals surface area contributed by atoms with Crippen molar-refractivity contribution in [1.82, 2.24) is 9.78 Å². The van der Waals surface area contributed by atoms with E-state index in [1.165, 1.54) is 6.07 Å². The number of nitrogens with zero attached hydrogens (tertiary/aromatic N) is 2. The van der Waals surface area contributed by atoms with Crippen molar-refractivity contribution in [3.63, 3.8) is 0 Å². The summed E-state index contributed by atoms with van der Waals surface area (Å²) in [5.41, 5.74) is -5.97. The third-order valence-electron chi connectivity index (χ3n) is 2.78. The first-order chi connectivity index (χ1) is 10.4. The number of para-hydroxylation sites is 1. The van der Waals surface area contributed by atoms with Crippen LogP contribution in [0.4, 0.5) is 39.5 Å². The maximum absolute atomic E-state index is 13.6. The molecule has 0 aliphatic rings. The van der Waals surface area contributed by atoms with Crippen molar-refractivity contribution in [1.29, 1.82) is 0 Å². The van der Waals surface area contributed by atoms with E-state index in [0.717, 1.165) is 24.3 Å². The molecule has 0 aliphatic heterocycles. The van der Waals surface area contributed by atoms with Gasteiger partial charge >= 0.3 is 18.3 Å². The van der Waals surface area contributed by atoms with Gasteiger partial charge in [-0.3, -0.25) is 0 Å². The number of benzene rings is 1. The van der Waals surface area contributed by atoms with Gasteiger partial charge in [0.2, 0.25) is 5.95 Å². The molecule has 126 valence electrons. The van der Waals surface area contributed by atoms with Gasteiger partial charge in [0.15, 0.2) is 0 Å². The van der Waals surface area contributed by atoms with Crippen LogP contribution in [0.3, 0.4) is 0 Å². The monoisotopic (exact) mass is 348 g/mol. The van der Waals surface area contributed by atoms with Crippen molar-refractivity contribution in [3.05, 3.63) is 47.5 Å². The van der Waals surface area contributed by atoms with Crippen LogP contribution >= 0.6 is 0 Å². The number of rotatable bonds is 2. The van der Waals surface area contributed by atoms with Crippen molar-refractivity contribution >= 4 is 0 Å². The smallest absolute Gasteiger partial charge is 0.228 e. The lowest BCUT2D eigenvalue weighted by atomic mass is 10.1. The molecule has 0 fully saturated rings. The average molecular weight is 348 g/mol. The van der Waals surface area contributed by atoms with E-state index in [-0.39, 0.29) is 0 Å². The van der Waals surface area contributed by atoms with Gasteiger partial charge in [-0.25, -0.2) is 4.68 Å². The minimum absolute atomic E-state index is 0.397. The topological polar surface area (TPSA) is 17.8 Å². The Labute approximate surface area is 122 Å². The Hall–Kier alpha value is -2.20. The molecule has 1 aromatic heterocycles. The van der Waals surface area contributed by atoms with Crippen molar-refractivity contribution < 1.29 is 39.5 Å². The van der Waals surface area contributed by atoms with Crippen LogP contribution < -0.4 is 0 Å². The van der Waals surface area contributed by atoms with Crippen LogP contribution in [0.25, 0.3) is 5.69 Å². The van der Waals surface area contributed by atoms with E-state index in [2.05, 4.69) is 5.10 Å². The van der Waals surface area contributed by atoms with Crippen molar-refractivity contribution in [2.45, 2.75) is 18.3 Å². The van der Waals surface area contributed by atoms with Gasteiger partial charge in [-0.15, -0.1) is 5.10 Å². The Kier molecular flexibility index (Phi) is 3.86. The fourth-order valence-electron chi connectivity index (χ4n) is 1.82. The SMILES string of the molecule is Fc1nn(-c2ccccc2)c(C(F)(F)C(F)(F)F)c1C(F)(F)F. The van der Waals surface area contributed by atoms with E-state index in [0.29, 0.717) is 0 Å². The third-order valence-corrected chi connectivity index (χ3v) is 2.78. The van der Waals surface area contributed by atoms with E-state index in [1.807, 2.05) is 0 Å². The molecule has 0 aliphatic carbocycles. The molecule has 0 amide bonds. The first-order valence-corrected chi connectivity index (χ1v) is 5.73. The molecule has 0 bridgehead atoms. The average Bonchev–Trinajstić information content (AvgIpc) is 2.76. The Bertz CT molecular complexity index is 698. The Balaban J connectivity index is 2.86. The molecule has 0 saturated heterocycles. The van der Waals surface area contributed by atoms with E-state index in [1.54, 1.807) is 0 Å². The van der Waals surface area contributed by atoms with Crippen LogP contribution in [0.2, 0.25) is 0 Å². The maximum atomic E-state index is 13.6. The molecule has 1 heterocycles. The van der Waals surface area contributed by atoms with Crippen LogP contribution in [0.5, 0.6) is 0 Å². The summed E-state index contributed by atoms with van der Waals surface area (Å²) in [6.07, 6.45) is -12.2. The molecule has 11 heteroatoms. The molecule has 0 saturated carbocycles. The normalized spacial score (nSPS) is 13.4. The van der Waals surface area contributed by atoms with Gasteiger partial charge in [0.25, 0.3) is 0 Å². The van der Waals surface area contributed by atoms with Crippen LogP contribution in [0, 0.1) is 5.95 Å². The highest BCUT2D eigenvalue weighted by atomic mass is 19.4. The predicted octanol–water partition coefficient (Wildman–Crippen LogP) is 4.68. The molecule has 0 radical (unpaired) electrons. The number of hydrogen-bond donors (Lipinski definition) is 0. The summed E-state index contributed by atoms with van der Waals surface area (Å²) < 4.78 is 116. The zero-order chi connectivity index (χ0) is 17.6. The second-order valence-corrected chi connectivity index (χ2v) is 4.33. The quantitative estimate of drug-likeness (QED) is 0.721. The Morgan fingerprint density at radius 2 is 1.35 bits per heavy atom. The minimum Gasteiger partial charge on any atom is -0.228 e. The van der Waals surface area contributed by atoms with Gasteiger partial charge in [0.1, 0.15) is 11.3 Å². The van der Waals surface area contributed by atoms with Gasteiger partial charge in [-0.05, 0) is 12.1 Å². The summed E-state index contributed by atoms with van der Waals surface area (Å²) in [6, 6.07) is 5.44. The lowest BCUT2D eigenvalue weighted by Gasteiger charge is -2.22. The van der Waals surface area contributed by atoms with E-state index in [9.17, 15) is 39.5 Å². The van der Waals surface area contributed by atoms with Gasteiger partial charge in [0.05, 0.1) is 5.69 Å². The zero-order valence-corrected chi connectivity index (χ0v) is 10.7. The molecule has 0 unspecified atom stereocenters. The summed E-state index contributed by atoms with van der Waals surface area (Å²) in [5, 5.41) is 2.58. The summed E-state index contributed by atoms with van der Waals surface area (Å²) in [7, 11) is 0. The lowest BCUT2D eigenvalue weighted by Crippen LogP contribution is -2.37. The maximum Gasteiger partial charge on any atom is 0.459 e. The summed E-state index contributed by atoms with van der Waals surface area (Å²) in [5.74, 6) is -8.44. The zero-order valence-electron chi connectivity index (χ0n) is 10.7. The van der Waals surface area contributed by atoms with Gasteiger partial charge in [-0.1, -0.05) is 18.2 Å². The number of halogens is 9. The van der Waals surface area contributed by atoms with Gasteiger partial charge in [0, 0.05) is 0 Å². The molecule has 0 spiro atoms. The fraction of sp³-hybridized carbons (Fsp3) is 0.250. The van der Waals surface area contributed by atoms with Gasteiger partial charge in [-0.2, -0.15) is 39.5 Å². The highest BCUT2D eigenvalue weighted by Crippen LogP contribution is 2.49. The first-order valence-electron chi connectivity index (χ1n) is 5.73. The summed E-state index contributed by atoms with van der Waals surface area (Å²) in [6.45, 7) is 0. The highest BCUT2D eigenvalue weighted by Gasteiger charge is 2.64. The van der Waals surface area contributed by atoms with E-state index >= 15 is 0 Å². The third kappa shape index (κ3) is 2.86. The van der Waals surface area contributed by atoms with E-state index < -0.39 is 45.8 Å². The summed E-state index contributed by atoms with van der Waals surface area (Å²) in [4.78, 5) is 0. The predicted molar refractivity (Wildman–Crippen MR) is 58.5 cm³/mol. The molecule has 2 aromatic rings. The lowest BCUT2D eigenvalue weighted by molar-refractivity contribution is -0.293. The van der Waals surface area contributed by atoms with Crippen LogP contribution in [0.1, 0.15) is 11.3 Å². The second kappa shape index (κ2) is 5.17. The van der Waals surface area contributed by atoms with Crippen molar-refractivity contribution in [2.75, 3.05) is 0 Å². The van der Waals surface area contributed by atoms with Crippen LogP contribution in [0.15, 0.2) is 30.3 Å². The number of aromatic nitrogens is 2. The van der Waals surface area contributed by atoms with Crippen LogP contribution in [-0.2, 0) is 12.1 Å². The molecule has 2 rings (SSSR count). The standard InChI is InChI=1S/C12H5F9N2/c13-9-7(11(16,17)18)8(10(14,15)12(19,20)21)23(22-9)6-4-2-1-3-5-6/h1-5H. The molecule has 23 heavy (non-hydrogen) atoms. The van der Waals surface area contributed by atoms with Gasteiger partial charge < -0.3 is 0 Å². The Morgan fingerprint density at radius 1 is 0.826 bits per heavy atom. The second-order valence-electron chi connectivity index (χ2n) is 4.33. The molecule has 0 N–H and O–H groups in total.